The summed E-state index contributed by atoms with van der Waals surface area (Å²) in [5.74, 6) is 2.29. The summed E-state index contributed by atoms with van der Waals surface area (Å²) in [6.45, 7) is 7.67. The molecule has 1 atom stereocenters. The Morgan fingerprint density at radius 1 is 1.26 bits per heavy atom. The van der Waals surface area contributed by atoms with E-state index < -0.39 is 0 Å². The first kappa shape index (κ1) is 14.2. The predicted molar refractivity (Wildman–Crippen MR) is 76.9 cm³/mol. The molecule has 0 aliphatic carbocycles. The highest BCUT2D eigenvalue weighted by Gasteiger charge is 2.15. The molecule has 1 heterocycles. The van der Waals surface area contributed by atoms with Crippen molar-refractivity contribution in [1.82, 2.24) is 10.2 Å². The Morgan fingerprint density at radius 2 is 2.05 bits per heavy atom. The number of ether oxygens (including phenoxy) is 2. The number of hydrogen-bond donors (Lipinski definition) is 1. The lowest BCUT2D eigenvalue weighted by molar-refractivity contribution is 0.256. The van der Waals surface area contributed by atoms with Crippen molar-refractivity contribution in [2.45, 2.75) is 13.5 Å². The van der Waals surface area contributed by atoms with Gasteiger partial charge in [0.15, 0.2) is 11.5 Å². The zero-order chi connectivity index (χ0) is 13.7. The second-order valence-corrected chi connectivity index (χ2v) is 5.23. The molecule has 0 saturated carbocycles. The van der Waals surface area contributed by atoms with E-state index in [9.17, 15) is 0 Å². The van der Waals surface area contributed by atoms with Gasteiger partial charge >= 0.3 is 0 Å². The fraction of sp³-hybridized carbons (Fsp3) is 0.600. The van der Waals surface area contributed by atoms with Crippen LogP contribution in [0, 0.1) is 5.92 Å². The zero-order valence-electron chi connectivity index (χ0n) is 12.1. The standard InChI is InChI=1S/C15H24N2O2/c1-12-9-16-6-7-17(10-12)11-13-4-5-14(18-2)15(8-13)19-3/h4-5,8,12,16H,6-7,9-11H2,1-3H3. The van der Waals surface area contributed by atoms with E-state index in [1.165, 1.54) is 5.56 Å². The number of methoxy groups -OCH3 is 2. The lowest BCUT2D eigenvalue weighted by Crippen LogP contribution is -2.28. The monoisotopic (exact) mass is 264 g/mol. The molecule has 19 heavy (non-hydrogen) atoms. The Balaban J connectivity index is 2.05. The summed E-state index contributed by atoms with van der Waals surface area (Å²) in [6.07, 6.45) is 0. The molecule has 1 fully saturated rings. The van der Waals surface area contributed by atoms with Crippen molar-refractivity contribution in [3.63, 3.8) is 0 Å². The quantitative estimate of drug-likeness (QED) is 0.898. The minimum Gasteiger partial charge on any atom is -0.493 e. The van der Waals surface area contributed by atoms with Gasteiger partial charge < -0.3 is 14.8 Å². The van der Waals surface area contributed by atoms with Gasteiger partial charge in [-0.25, -0.2) is 0 Å². The topological polar surface area (TPSA) is 33.7 Å². The van der Waals surface area contributed by atoms with Crippen LogP contribution in [0.15, 0.2) is 18.2 Å². The van der Waals surface area contributed by atoms with E-state index >= 15 is 0 Å². The Labute approximate surface area is 115 Å². The van der Waals surface area contributed by atoms with Gasteiger partial charge in [-0.05, 0) is 30.2 Å². The third-order valence-corrected chi connectivity index (χ3v) is 3.52. The van der Waals surface area contributed by atoms with Crippen LogP contribution in [-0.4, -0.2) is 45.3 Å². The molecule has 4 heteroatoms. The van der Waals surface area contributed by atoms with Crippen LogP contribution < -0.4 is 14.8 Å². The molecule has 0 spiro atoms. The van der Waals surface area contributed by atoms with Gasteiger partial charge in [-0.3, -0.25) is 4.90 Å². The molecule has 2 rings (SSSR count). The highest BCUT2D eigenvalue weighted by Crippen LogP contribution is 2.28. The molecule has 0 aromatic heterocycles. The molecule has 1 aromatic carbocycles. The molecular weight excluding hydrogens is 240 g/mol. The van der Waals surface area contributed by atoms with Gasteiger partial charge in [-0.15, -0.1) is 0 Å². The largest absolute Gasteiger partial charge is 0.493 e. The van der Waals surface area contributed by atoms with Crippen molar-refractivity contribution in [1.29, 1.82) is 0 Å². The van der Waals surface area contributed by atoms with Crippen LogP contribution >= 0.6 is 0 Å². The smallest absolute Gasteiger partial charge is 0.161 e. The van der Waals surface area contributed by atoms with Gasteiger partial charge in [0.05, 0.1) is 14.2 Å². The van der Waals surface area contributed by atoms with Gasteiger partial charge in [0.25, 0.3) is 0 Å². The lowest BCUT2D eigenvalue weighted by atomic mass is 10.1. The van der Waals surface area contributed by atoms with Crippen LogP contribution in [0.5, 0.6) is 11.5 Å². The van der Waals surface area contributed by atoms with Crippen LogP contribution in [0.1, 0.15) is 12.5 Å². The van der Waals surface area contributed by atoms with Crippen molar-refractivity contribution in [3.05, 3.63) is 23.8 Å². The lowest BCUT2D eigenvalue weighted by Gasteiger charge is -2.22. The minimum atomic E-state index is 0.697. The molecule has 1 unspecified atom stereocenters. The van der Waals surface area contributed by atoms with E-state index in [1.54, 1.807) is 14.2 Å². The minimum absolute atomic E-state index is 0.697. The highest BCUT2D eigenvalue weighted by atomic mass is 16.5. The molecule has 106 valence electrons. The number of rotatable bonds is 4. The van der Waals surface area contributed by atoms with Crippen molar-refractivity contribution in [2.24, 2.45) is 5.92 Å². The Bertz CT molecular complexity index is 409. The average molecular weight is 264 g/mol. The van der Waals surface area contributed by atoms with Crippen LogP contribution in [0.25, 0.3) is 0 Å². The first-order valence-electron chi connectivity index (χ1n) is 6.87. The Kier molecular flexibility index (Phi) is 5.05. The van der Waals surface area contributed by atoms with E-state index in [-0.39, 0.29) is 0 Å². The summed E-state index contributed by atoms with van der Waals surface area (Å²) in [4.78, 5) is 2.49. The van der Waals surface area contributed by atoms with Gasteiger partial charge in [0, 0.05) is 26.2 Å². The summed E-state index contributed by atoms with van der Waals surface area (Å²) < 4.78 is 10.6. The van der Waals surface area contributed by atoms with Crippen molar-refractivity contribution in [2.75, 3.05) is 40.4 Å². The van der Waals surface area contributed by atoms with E-state index in [2.05, 4.69) is 29.3 Å². The molecule has 1 aromatic rings. The normalized spacial score (nSPS) is 20.9. The number of nitrogens with one attached hydrogen (secondary N) is 1. The number of hydrogen-bond acceptors (Lipinski definition) is 4. The van der Waals surface area contributed by atoms with Gasteiger partial charge in [0.2, 0.25) is 0 Å². The zero-order valence-corrected chi connectivity index (χ0v) is 12.1. The molecule has 1 aliphatic heterocycles. The third-order valence-electron chi connectivity index (χ3n) is 3.52. The summed E-state index contributed by atoms with van der Waals surface area (Å²) in [5, 5.41) is 3.47. The second kappa shape index (κ2) is 6.78. The number of benzene rings is 1. The number of nitrogens with zero attached hydrogens (tertiary/aromatic N) is 1. The van der Waals surface area contributed by atoms with Crippen LogP contribution in [-0.2, 0) is 6.54 Å². The fourth-order valence-electron chi connectivity index (χ4n) is 2.56. The molecule has 0 radical (unpaired) electrons. The van der Waals surface area contributed by atoms with E-state index in [0.29, 0.717) is 5.92 Å². The molecule has 1 N–H and O–H groups in total. The van der Waals surface area contributed by atoms with E-state index in [0.717, 1.165) is 44.2 Å². The first-order valence-corrected chi connectivity index (χ1v) is 6.87. The van der Waals surface area contributed by atoms with Crippen molar-refractivity contribution >= 4 is 0 Å². The maximum Gasteiger partial charge on any atom is 0.161 e. The summed E-state index contributed by atoms with van der Waals surface area (Å²) in [5.41, 5.74) is 1.27. The molecule has 0 amide bonds. The molecule has 1 saturated heterocycles. The molecule has 0 bridgehead atoms. The molecule has 1 aliphatic rings. The summed E-state index contributed by atoms with van der Waals surface area (Å²) >= 11 is 0. The summed E-state index contributed by atoms with van der Waals surface area (Å²) in [6, 6.07) is 6.17. The van der Waals surface area contributed by atoms with Crippen LogP contribution in [0.2, 0.25) is 0 Å². The van der Waals surface area contributed by atoms with E-state index in [4.69, 9.17) is 9.47 Å². The van der Waals surface area contributed by atoms with Gasteiger partial charge in [0.1, 0.15) is 0 Å². The van der Waals surface area contributed by atoms with Crippen molar-refractivity contribution < 1.29 is 9.47 Å². The Hall–Kier alpha value is -1.26. The highest BCUT2D eigenvalue weighted by molar-refractivity contribution is 5.42. The van der Waals surface area contributed by atoms with Crippen LogP contribution in [0.4, 0.5) is 0 Å². The third kappa shape index (κ3) is 3.85. The second-order valence-electron chi connectivity index (χ2n) is 5.23. The maximum atomic E-state index is 5.36. The van der Waals surface area contributed by atoms with Gasteiger partial charge in [-0.2, -0.15) is 0 Å². The predicted octanol–water partition coefficient (Wildman–Crippen LogP) is 1.75. The molecular formula is C15H24N2O2. The first-order chi connectivity index (χ1) is 9.22. The average Bonchev–Trinajstić information content (AvgIpc) is 2.63. The Morgan fingerprint density at radius 3 is 2.79 bits per heavy atom. The van der Waals surface area contributed by atoms with Gasteiger partial charge in [-0.1, -0.05) is 13.0 Å². The SMILES string of the molecule is COc1ccc(CN2CCNCC(C)C2)cc1OC. The van der Waals surface area contributed by atoms with Crippen LogP contribution in [0.3, 0.4) is 0 Å². The summed E-state index contributed by atoms with van der Waals surface area (Å²) in [7, 11) is 3.35. The van der Waals surface area contributed by atoms with E-state index in [1.807, 2.05) is 6.07 Å². The fourth-order valence-corrected chi connectivity index (χ4v) is 2.56. The maximum absolute atomic E-state index is 5.36. The van der Waals surface area contributed by atoms with Crippen molar-refractivity contribution in [3.8, 4) is 11.5 Å². The molecule has 4 nitrogen and oxygen atoms in total.